The van der Waals surface area contributed by atoms with Gasteiger partial charge in [0.15, 0.2) is 0 Å². The smallest absolute Gasteiger partial charge is 0.118 e. The van der Waals surface area contributed by atoms with Crippen LogP contribution < -0.4 is 0 Å². The number of rotatable bonds is 0. The van der Waals surface area contributed by atoms with E-state index >= 15 is 0 Å². The summed E-state index contributed by atoms with van der Waals surface area (Å²) < 4.78 is 5.65. The van der Waals surface area contributed by atoms with Crippen LogP contribution in [0.2, 0.25) is 0 Å². The predicted octanol–water partition coefficient (Wildman–Crippen LogP) is 3.15. The molecule has 3 nitrogen and oxygen atoms in total. The molecule has 1 aliphatic carbocycles. The molecule has 4 atom stereocenters. The van der Waals surface area contributed by atoms with Crippen molar-refractivity contribution in [2.75, 3.05) is 0 Å². The molecule has 3 heteroatoms. The van der Waals surface area contributed by atoms with Crippen molar-refractivity contribution in [3.8, 4) is 0 Å². The van der Waals surface area contributed by atoms with Crippen molar-refractivity contribution in [1.29, 1.82) is 0 Å². The van der Waals surface area contributed by atoms with E-state index in [-0.39, 0.29) is 12.2 Å². The van der Waals surface area contributed by atoms with Crippen molar-refractivity contribution in [3.05, 3.63) is 59.2 Å². The van der Waals surface area contributed by atoms with E-state index in [4.69, 9.17) is 4.74 Å². The van der Waals surface area contributed by atoms with Gasteiger partial charge in [0.1, 0.15) is 24.4 Å². The fraction of sp³-hybridized carbons (Fsp3) is 0.263. The predicted molar refractivity (Wildman–Crippen MR) is 84.8 cm³/mol. The Kier molecular flexibility index (Phi) is 2.33. The van der Waals surface area contributed by atoms with Gasteiger partial charge in [-0.3, -0.25) is 0 Å². The van der Waals surface area contributed by atoms with Crippen LogP contribution in [0, 0.1) is 6.92 Å². The average molecular weight is 292 g/mol. The van der Waals surface area contributed by atoms with Crippen LogP contribution in [-0.2, 0) is 4.74 Å². The first kappa shape index (κ1) is 12.6. The van der Waals surface area contributed by atoms with Crippen LogP contribution in [0.5, 0.6) is 0 Å². The summed E-state index contributed by atoms with van der Waals surface area (Å²) in [4.78, 5) is 0. The first-order chi connectivity index (χ1) is 10.7. The van der Waals surface area contributed by atoms with Gasteiger partial charge in [0.2, 0.25) is 0 Å². The van der Waals surface area contributed by atoms with E-state index in [1.165, 1.54) is 21.7 Å². The van der Waals surface area contributed by atoms with Gasteiger partial charge in [-0.25, -0.2) is 0 Å². The van der Waals surface area contributed by atoms with Gasteiger partial charge in [-0.05, 0) is 45.2 Å². The number of aryl methyl sites for hydroxylation is 1. The summed E-state index contributed by atoms with van der Waals surface area (Å²) in [6, 6.07) is 14.5. The molecule has 3 aromatic carbocycles. The van der Waals surface area contributed by atoms with Crippen molar-refractivity contribution in [2.24, 2.45) is 0 Å². The lowest BCUT2D eigenvalue weighted by Crippen LogP contribution is -2.29. The number of aliphatic hydroxyl groups is 2. The monoisotopic (exact) mass is 292 g/mol. The van der Waals surface area contributed by atoms with Crippen molar-refractivity contribution in [1.82, 2.24) is 0 Å². The number of ether oxygens (including phenoxy) is 1. The van der Waals surface area contributed by atoms with Gasteiger partial charge < -0.3 is 14.9 Å². The maximum Gasteiger partial charge on any atom is 0.118 e. The summed E-state index contributed by atoms with van der Waals surface area (Å²) in [6.07, 6.45) is -2.04. The molecule has 0 saturated carbocycles. The molecule has 2 aliphatic rings. The zero-order chi connectivity index (χ0) is 15.0. The average Bonchev–Trinajstić information content (AvgIpc) is 3.32. The maximum atomic E-state index is 10.4. The standard InChI is InChI=1S/C19H16O3/c1-9-8-10-4-2-3-5-11(10)12-6-7-13-15(14(9)12)18-19(22-18)17(21)16(13)20/h2-8,16-21H,1H3/t16-,17+,18+,19-/m0/s1. The van der Waals surface area contributed by atoms with Crippen LogP contribution in [0.25, 0.3) is 21.5 Å². The molecule has 0 spiro atoms. The fourth-order valence-corrected chi connectivity index (χ4v) is 4.00. The molecule has 22 heavy (non-hydrogen) atoms. The van der Waals surface area contributed by atoms with Gasteiger partial charge in [0.25, 0.3) is 0 Å². The van der Waals surface area contributed by atoms with E-state index < -0.39 is 12.2 Å². The van der Waals surface area contributed by atoms with E-state index in [1.807, 2.05) is 18.2 Å². The second-order valence-corrected chi connectivity index (χ2v) is 6.36. The maximum absolute atomic E-state index is 10.4. The molecular formula is C19H16O3. The molecule has 0 radical (unpaired) electrons. The second kappa shape index (κ2) is 4.07. The largest absolute Gasteiger partial charge is 0.387 e. The third kappa shape index (κ3) is 1.46. The lowest BCUT2D eigenvalue weighted by Gasteiger charge is -2.25. The molecule has 1 aliphatic heterocycles. The Labute approximate surface area is 127 Å². The van der Waals surface area contributed by atoms with Gasteiger partial charge in [-0.2, -0.15) is 0 Å². The Morgan fingerprint density at radius 1 is 1.00 bits per heavy atom. The first-order valence-corrected chi connectivity index (χ1v) is 7.63. The second-order valence-electron chi connectivity index (χ2n) is 6.36. The SMILES string of the molecule is Cc1cc2ccccc2c2ccc3c(c12)[C@H]1O[C@H]1[C@H](O)[C@H]3O. The summed E-state index contributed by atoms with van der Waals surface area (Å²) in [6.45, 7) is 2.10. The third-order valence-corrected chi connectivity index (χ3v) is 5.09. The number of epoxide rings is 1. The van der Waals surface area contributed by atoms with Crippen LogP contribution >= 0.6 is 0 Å². The van der Waals surface area contributed by atoms with E-state index in [0.717, 1.165) is 16.5 Å². The molecule has 0 aromatic heterocycles. The minimum Gasteiger partial charge on any atom is -0.387 e. The van der Waals surface area contributed by atoms with Gasteiger partial charge in [0.05, 0.1) is 0 Å². The highest BCUT2D eigenvalue weighted by molar-refractivity contribution is 6.10. The zero-order valence-electron chi connectivity index (χ0n) is 12.2. The summed E-state index contributed by atoms with van der Waals surface area (Å²) in [5, 5.41) is 25.2. The third-order valence-electron chi connectivity index (χ3n) is 5.09. The quantitative estimate of drug-likeness (QED) is 0.494. The highest BCUT2D eigenvalue weighted by Gasteiger charge is 2.54. The van der Waals surface area contributed by atoms with E-state index in [0.29, 0.717) is 0 Å². The minimum atomic E-state index is -0.867. The lowest BCUT2D eigenvalue weighted by atomic mass is 9.82. The van der Waals surface area contributed by atoms with Crippen LogP contribution in [-0.4, -0.2) is 22.4 Å². The van der Waals surface area contributed by atoms with Crippen molar-refractivity contribution < 1.29 is 14.9 Å². The summed E-state index contributed by atoms with van der Waals surface area (Å²) in [5.74, 6) is 0. The number of benzene rings is 3. The number of aliphatic hydroxyl groups excluding tert-OH is 2. The molecule has 0 unspecified atom stereocenters. The number of hydrogen-bond acceptors (Lipinski definition) is 3. The summed E-state index contributed by atoms with van der Waals surface area (Å²) in [5.41, 5.74) is 3.05. The molecule has 0 bridgehead atoms. The molecule has 1 saturated heterocycles. The topological polar surface area (TPSA) is 53.0 Å². The van der Waals surface area contributed by atoms with Crippen molar-refractivity contribution >= 4 is 21.5 Å². The first-order valence-electron chi connectivity index (χ1n) is 7.63. The van der Waals surface area contributed by atoms with E-state index in [1.54, 1.807) is 0 Å². The zero-order valence-corrected chi connectivity index (χ0v) is 12.2. The molecule has 2 N–H and O–H groups in total. The molecule has 3 aromatic rings. The van der Waals surface area contributed by atoms with Gasteiger partial charge in [0, 0.05) is 0 Å². The Bertz CT molecular complexity index is 931. The Balaban J connectivity index is 1.94. The Morgan fingerprint density at radius 3 is 2.68 bits per heavy atom. The van der Waals surface area contributed by atoms with Crippen molar-refractivity contribution in [3.63, 3.8) is 0 Å². The highest BCUT2D eigenvalue weighted by atomic mass is 16.6. The molecule has 1 heterocycles. The molecule has 5 rings (SSSR count). The van der Waals surface area contributed by atoms with Crippen LogP contribution in [0.4, 0.5) is 0 Å². The molecular weight excluding hydrogens is 276 g/mol. The van der Waals surface area contributed by atoms with E-state index in [2.05, 4.69) is 31.2 Å². The fourth-order valence-electron chi connectivity index (χ4n) is 4.00. The normalized spacial score (nSPS) is 29.4. The van der Waals surface area contributed by atoms with Crippen molar-refractivity contribution in [2.45, 2.75) is 31.3 Å². The molecule has 110 valence electrons. The van der Waals surface area contributed by atoms with Gasteiger partial charge in [-0.15, -0.1) is 0 Å². The lowest BCUT2D eigenvalue weighted by molar-refractivity contribution is 0.000104. The van der Waals surface area contributed by atoms with E-state index in [9.17, 15) is 10.2 Å². The van der Waals surface area contributed by atoms with Gasteiger partial charge in [-0.1, -0.05) is 42.5 Å². The Hall–Kier alpha value is -1.94. The van der Waals surface area contributed by atoms with Crippen LogP contribution in [0.15, 0.2) is 42.5 Å². The molecule has 0 amide bonds. The Morgan fingerprint density at radius 2 is 1.82 bits per heavy atom. The van der Waals surface area contributed by atoms with Crippen LogP contribution in [0.1, 0.15) is 28.9 Å². The highest BCUT2D eigenvalue weighted by Crippen LogP contribution is 2.53. The van der Waals surface area contributed by atoms with Crippen LogP contribution in [0.3, 0.4) is 0 Å². The molecule has 1 fully saturated rings. The summed E-state index contributed by atoms with van der Waals surface area (Å²) in [7, 11) is 0. The number of fused-ring (bicyclic) bond motifs is 7. The number of hydrogen-bond donors (Lipinski definition) is 2. The summed E-state index contributed by atoms with van der Waals surface area (Å²) >= 11 is 0. The van der Waals surface area contributed by atoms with Gasteiger partial charge >= 0.3 is 0 Å². The minimum absolute atomic E-state index is 0.0861.